The molecule has 2 heterocycles. The summed E-state index contributed by atoms with van der Waals surface area (Å²) in [6.07, 6.45) is 2.59. The van der Waals surface area contributed by atoms with E-state index < -0.39 is 11.3 Å². The lowest BCUT2D eigenvalue weighted by Crippen LogP contribution is -2.65. The predicted molar refractivity (Wildman–Crippen MR) is 116 cm³/mol. The van der Waals surface area contributed by atoms with Crippen molar-refractivity contribution >= 4 is 5.91 Å². The second-order valence-corrected chi connectivity index (χ2v) is 10.1. The van der Waals surface area contributed by atoms with Crippen molar-refractivity contribution in [3.8, 4) is 0 Å². The van der Waals surface area contributed by atoms with E-state index in [-0.39, 0.29) is 17.0 Å². The summed E-state index contributed by atoms with van der Waals surface area (Å²) in [5.41, 5.74) is 0.385. The Morgan fingerprint density at radius 3 is 1.69 bits per heavy atom. The van der Waals surface area contributed by atoms with Crippen molar-refractivity contribution in [2.75, 3.05) is 0 Å². The van der Waals surface area contributed by atoms with Crippen LogP contribution in [0.25, 0.3) is 0 Å². The van der Waals surface area contributed by atoms with Crippen LogP contribution in [0.2, 0.25) is 0 Å². The first-order valence-corrected chi connectivity index (χ1v) is 10.5. The Hall–Kier alpha value is -2.17. The molecule has 2 aliphatic rings. The monoisotopic (exact) mass is 392 g/mol. The lowest BCUT2D eigenvalue weighted by molar-refractivity contribution is -0.161. The largest absolute Gasteiger partial charge is 0.339 e. The molecule has 4 nitrogen and oxygen atoms in total. The van der Waals surface area contributed by atoms with Crippen LogP contribution in [0.3, 0.4) is 0 Å². The van der Waals surface area contributed by atoms with Gasteiger partial charge < -0.3 is 15.4 Å². The molecule has 2 aromatic carbocycles. The zero-order valence-corrected chi connectivity index (χ0v) is 17.9. The molecule has 0 atom stereocenters. The van der Waals surface area contributed by atoms with E-state index in [4.69, 9.17) is 4.74 Å². The molecule has 2 saturated heterocycles. The number of benzene rings is 2. The summed E-state index contributed by atoms with van der Waals surface area (Å²) in [6.45, 7) is 8.61. The molecule has 0 aliphatic carbocycles. The van der Waals surface area contributed by atoms with Crippen LogP contribution in [0.1, 0.15) is 51.7 Å². The van der Waals surface area contributed by atoms with Crippen LogP contribution >= 0.6 is 0 Å². The molecule has 0 radical (unpaired) electrons. The van der Waals surface area contributed by atoms with Gasteiger partial charge in [-0.25, -0.2) is 0 Å². The van der Waals surface area contributed by atoms with Crippen molar-refractivity contribution in [1.29, 1.82) is 0 Å². The van der Waals surface area contributed by atoms with E-state index in [9.17, 15) is 4.79 Å². The summed E-state index contributed by atoms with van der Waals surface area (Å²) in [4.78, 5) is 13.5. The number of carbonyl (C=O) groups is 1. The molecule has 2 aliphatic heterocycles. The van der Waals surface area contributed by atoms with Crippen molar-refractivity contribution in [1.82, 2.24) is 10.6 Å². The Balaban J connectivity index is 1.71. The van der Waals surface area contributed by atoms with Crippen molar-refractivity contribution in [3.63, 3.8) is 0 Å². The highest BCUT2D eigenvalue weighted by Gasteiger charge is 2.61. The van der Waals surface area contributed by atoms with Crippen molar-refractivity contribution in [2.45, 2.75) is 75.8 Å². The van der Waals surface area contributed by atoms with Gasteiger partial charge in [0, 0.05) is 36.8 Å². The van der Waals surface area contributed by atoms with Crippen LogP contribution < -0.4 is 10.6 Å². The Morgan fingerprint density at radius 2 is 1.24 bits per heavy atom. The van der Waals surface area contributed by atoms with E-state index in [1.54, 1.807) is 0 Å². The first-order chi connectivity index (χ1) is 13.6. The van der Waals surface area contributed by atoms with E-state index >= 15 is 0 Å². The van der Waals surface area contributed by atoms with Gasteiger partial charge in [-0.1, -0.05) is 60.7 Å². The molecule has 2 aromatic rings. The minimum Gasteiger partial charge on any atom is -0.339 e. The Labute approximate surface area is 174 Å². The quantitative estimate of drug-likeness (QED) is 0.827. The van der Waals surface area contributed by atoms with E-state index in [2.05, 4.69) is 62.6 Å². The maximum absolute atomic E-state index is 13.5. The molecule has 0 bridgehead atoms. The number of amides is 1. The van der Waals surface area contributed by atoms with Crippen LogP contribution in [-0.4, -0.2) is 28.3 Å². The molecule has 154 valence electrons. The fourth-order valence-corrected chi connectivity index (χ4v) is 5.57. The summed E-state index contributed by atoms with van der Waals surface area (Å²) < 4.78 is 6.87. The predicted octanol–water partition coefficient (Wildman–Crippen LogP) is 3.99. The molecule has 1 spiro atoms. The van der Waals surface area contributed by atoms with Gasteiger partial charge in [-0.15, -0.1) is 0 Å². The molecule has 0 unspecified atom stereocenters. The van der Waals surface area contributed by atoms with Crippen LogP contribution in [0.4, 0.5) is 0 Å². The zero-order chi connectivity index (χ0) is 20.8. The number of hydrogen-bond donors (Lipinski definition) is 2. The fourth-order valence-electron chi connectivity index (χ4n) is 5.57. The van der Waals surface area contributed by atoms with Crippen molar-refractivity contribution in [3.05, 3.63) is 71.8 Å². The summed E-state index contributed by atoms with van der Waals surface area (Å²) >= 11 is 0. The minimum absolute atomic E-state index is 0.0204. The van der Waals surface area contributed by atoms with Gasteiger partial charge in [0.15, 0.2) is 5.60 Å². The van der Waals surface area contributed by atoms with Crippen LogP contribution in [-0.2, 0) is 22.4 Å². The summed E-state index contributed by atoms with van der Waals surface area (Å²) in [5.74, 6) is 0.0204. The first kappa shape index (κ1) is 20.1. The third kappa shape index (κ3) is 4.24. The third-order valence-electron chi connectivity index (χ3n) is 5.94. The lowest BCUT2D eigenvalue weighted by atomic mass is 9.72. The van der Waals surface area contributed by atoms with Crippen LogP contribution in [0, 0.1) is 0 Å². The molecule has 4 rings (SSSR count). The normalized spacial score (nSPS) is 23.7. The number of hydrogen-bond acceptors (Lipinski definition) is 3. The number of carbonyl (C=O) groups excluding carboxylic acids is 1. The summed E-state index contributed by atoms with van der Waals surface area (Å²) in [6, 6.07) is 20.6. The van der Waals surface area contributed by atoms with Gasteiger partial charge >= 0.3 is 0 Å². The Morgan fingerprint density at radius 1 is 0.793 bits per heavy atom. The molecule has 0 saturated carbocycles. The maximum atomic E-state index is 13.5. The molecule has 1 amide bonds. The van der Waals surface area contributed by atoms with E-state index in [0.29, 0.717) is 25.7 Å². The van der Waals surface area contributed by atoms with Gasteiger partial charge in [-0.2, -0.15) is 0 Å². The summed E-state index contributed by atoms with van der Waals surface area (Å²) in [7, 11) is 0. The highest BCUT2D eigenvalue weighted by molar-refractivity contribution is 5.88. The lowest BCUT2D eigenvalue weighted by Gasteiger charge is -2.50. The molecule has 29 heavy (non-hydrogen) atoms. The summed E-state index contributed by atoms with van der Waals surface area (Å²) in [5, 5.41) is 6.98. The number of ether oxygens (including phenoxy) is 1. The fraction of sp³-hybridized carbons (Fsp3) is 0.480. The maximum Gasteiger partial charge on any atom is 0.254 e. The number of piperidine rings is 1. The second kappa shape index (κ2) is 6.96. The third-order valence-corrected chi connectivity index (χ3v) is 5.94. The molecular weight excluding hydrogens is 360 g/mol. The molecule has 2 N–H and O–H groups in total. The minimum atomic E-state index is -0.818. The Bertz CT molecular complexity index is 817. The van der Waals surface area contributed by atoms with Crippen molar-refractivity contribution < 1.29 is 9.53 Å². The standard InChI is InChI=1S/C25H32N2O2/c1-22(2)17-24(18-23(3,4)27-22)21(28)26-25(29-24,15-19-11-7-5-8-12-19)16-20-13-9-6-10-14-20/h5-14,27H,15-18H2,1-4H3,(H,26,28). The van der Waals surface area contributed by atoms with Gasteiger partial charge in [-0.3, -0.25) is 4.79 Å². The average molecular weight is 393 g/mol. The SMILES string of the molecule is CC1(C)CC2(CC(C)(C)N1)OC(Cc1ccccc1)(Cc1ccccc1)NC2=O. The van der Waals surface area contributed by atoms with Crippen LogP contribution in [0.15, 0.2) is 60.7 Å². The van der Waals surface area contributed by atoms with E-state index in [1.807, 2.05) is 36.4 Å². The van der Waals surface area contributed by atoms with Gasteiger partial charge in [0.2, 0.25) is 0 Å². The van der Waals surface area contributed by atoms with Crippen molar-refractivity contribution in [2.24, 2.45) is 0 Å². The first-order valence-electron chi connectivity index (χ1n) is 10.5. The van der Waals surface area contributed by atoms with Gasteiger partial charge in [0.05, 0.1) is 0 Å². The highest BCUT2D eigenvalue weighted by atomic mass is 16.6. The topological polar surface area (TPSA) is 50.4 Å². The Kier molecular flexibility index (Phi) is 4.83. The second-order valence-electron chi connectivity index (χ2n) is 10.1. The number of nitrogens with one attached hydrogen (secondary N) is 2. The smallest absolute Gasteiger partial charge is 0.254 e. The highest BCUT2D eigenvalue weighted by Crippen LogP contribution is 2.45. The average Bonchev–Trinajstić information content (AvgIpc) is 2.83. The zero-order valence-electron chi connectivity index (χ0n) is 17.9. The molecular formula is C25H32N2O2. The molecule has 2 fully saturated rings. The van der Waals surface area contributed by atoms with E-state index in [1.165, 1.54) is 0 Å². The molecule has 0 aromatic heterocycles. The van der Waals surface area contributed by atoms with E-state index in [0.717, 1.165) is 11.1 Å². The van der Waals surface area contributed by atoms with Gasteiger partial charge in [-0.05, 0) is 38.8 Å². The van der Waals surface area contributed by atoms with Crippen LogP contribution in [0.5, 0.6) is 0 Å². The van der Waals surface area contributed by atoms with Gasteiger partial charge in [0.1, 0.15) is 5.72 Å². The molecule has 4 heteroatoms. The van der Waals surface area contributed by atoms with Gasteiger partial charge in [0.25, 0.3) is 5.91 Å². The number of rotatable bonds is 4.